The molecule has 0 spiro atoms. The van der Waals surface area contributed by atoms with E-state index in [1.165, 1.54) is 165 Å². The standard InChI is InChI=1S/3C44H31N/c1-3-12-32(13-4-1)34-24-28-37(29-25-34)45(38-30-26-35(27-31-38)33-14-5-2-6-15-33)44-23-11-21-42-41(20-10-22-43(42)44)40-19-9-17-36-16-7-8-18-39(36)40;1-3-11-32(12-4-1)35-23-27-39(28-24-35)45(40-29-25-36(26-30-40)33-13-5-2-6-14-33)44-20-10-18-42-41(17-9-19-43(42)44)38-22-21-34-15-7-8-16-37(34)31-38;1-3-11-32(12-4-1)35-21-25-39(26-22-35)45(40-27-23-36(24-28-40)33-13-5-2-6-14-33)44-30-29-41(42-17-9-10-18-43(42)44)38-20-19-34-15-7-8-16-37(34)31-38/h3*1-31H. The molecule has 0 aromatic heterocycles. The van der Waals surface area contributed by atoms with Gasteiger partial charge in [-0.15, -0.1) is 0 Å². The molecule has 0 atom stereocenters. The third-order valence-electron chi connectivity index (χ3n) is 26.0. The first-order chi connectivity index (χ1) is 67.0. The molecule has 0 unspecified atom stereocenters. The van der Waals surface area contributed by atoms with Crippen molar-refractivity contribution in [3.8, 4) is 100 Å². The summed E-state index contributed by atoms with van der Waals surface area (Å²) in [6, 6.07) is 203. The fraction of sp³-hybridized carbons (Fsp3) is 0. The Bertz CT molecular complexity index is 7720. The Labute approximate surface area is 789 Å². The maximum absolute atomic E-state index is 2.39. The SMILES string of the molecule is c1ccc(-c2ccc(N(c3ccc(-c4ccccc4)cc3)c3ccc(-c4ccc5ccccc5c4)c4ccccc34)cc2)cc1.c1ccc(-c2ccc(N(c3ccc(-c4ccccc4)cc3)c3cccc4c(-c5ccc6ccccc6c5)cccc34)cc2)cc1.c1ccc(-c2ccc(N(c3ccc(-c4ccccc4)cc3)c3cccc4c(-c5cccc6ccccc56)cccc34)cc2)cc1. The van der Waals surface area contributed by atoms with Crippen molar-refractivity contribution in [2.45, 2.75) is 0 Å². The van der Waals surface area contributed by atoms with Gasteiger partial charge in [0.1, 0.15) is 0 Å². The molecule has 3 heteroatoms. The van der Waals surface area contributed by atoms with E-state index in [2.05, 4.69) is 579 Å². The van der Waals surface area contributed by atoms with E-state index in [-0.39, 0.29) is 0 Å². The van der Waals surface area contributed by atoms with Gasteiger partial charge >= 0.3 is 0 Å². The number of hydrogen-bond donors (Lipinski definition) is 0. The molecule has 0 aliphatic heterocycles. The van der Waals surface area contributed by atoms with Gasteiger partial charge in [0, 0.05) is 50.3 Å². The first-order valence-corrected chi connectivity index (χ1v) is 46.3. The largest absolute Gasteiger partial charge is 0.310 e. The van der Waals surface area contributed by atoms with E-state index < -0.39 is 0 Å². The summed E-state index contributed by atoms with van der Waals surface area (Å²) in [5.41, 5.74) is 32.1. The number of anilines is 9. The van der Waals surface area contributed by atoms with Crippen molar-refractivity contribution in [3.63, 3.8) is 0 Å². The number of benzene rings is 24. The van der Waals surface area contributed by atoms with Crippen LogP contribution in [-0.2, 0) is 0 Å². The summed E-state index contributed by atoms with van der Waals surface area (Å²) in [7, 11) is 0. The van der Waals surface area contributed by atoms with Gasteiger partial charge in [-0.2, -0.15) is 0 Å². The second-order valence-corrected chi connectivity index (χ2v) is 34.2. The van der Waals surface area contributed by atoms with E-state index in [9.17, 15) is 0 Å². The fourth-order valence-corrected chi connectivity index (χ4v) is 19.3. The highest BCUT2D eigenvalue weighted by atomic mass is 15.2. The minimum Gasteiger partial charge on any atom is -0.310 e. The van der Waals surface area contributed by atoms with Crippen LogP contribution in [0.1, 0.15) is 0 Å². The highest BCUT2D eigenvalue weighted by Gasteiger charge is 2.23. The van der Waals surface area contributed by atoms with Crippen LogP contribution in [0.4, 0.5) is 51.2 Å². The van der Waals surface area contributed by atoms with E-state index in [0.29, 0.717) is 0 Å². The number of fused-ring (bicyclic) bond motifs is 6. The van der Waals surface area contributed by atoms with Crippen molar-refractivity contribution in [2.75, 3.05) is 14.7 Å². The fourth-order valence-electron chi connectivity index (χ4n) is 19.3. The van der Waals surface area contributed by atoms with Crippen molar-refractivity contribution in [1.29, 1.82) is 0 Å². The Morgan fingerprint density at radius 3 is 0.630 bits per heavy atom. The molecule has 0 heterocycles. The predicted molar refractivity (Wildman–Crippen MR) is 577 cm³/mol. The van der Waals surface area contributed by atoms with E-state index in [1.807, 2.05) is 0 Å². The first kappa shape index (κ1) is 82.9. The molecule has 24 aromatic rings. The molecule has 0 bridgehead atoms. The van der Waals surface area contributed by atoms with Crippen LogP contribution in [-0.4, -0.2) is 0 Å². The third-order valence-corrected chi connectivity index (χ3v) is 26.0. The van der Waals surface area contributed by atoms with E-state index >= 15 is 0 Å². The van der Waals surface area contributed by atoms with Crippen molar-refractivity contribution in [2.24, 2.45) is 0 Å². The molecule has 0 aliphatic carbocycles. The van der Waals surface area contributed by atoms with Crippen molar-refractivity contribution >= 4 is 116 Å². The van der Waals surface area contributed by atoms with Gasteiger partial charge in [-0.05, 0) is 252 Å². The van der Waals surface area contributed by atoms with Gasteiger partial charge in [-0.1, -0.05) is 461 Å². The van der Waals surface area contributed by atoms with Crippen LogP contribution >= 0.6 is 0 Å². The second kappa shape index (κ2) is 38.1. The Morgan fingerprint density at radius 2 is 0.296 bits per heavy atom. The lowest BCUT2D eigenvalue weighted by atomic mass is 9.93. The zero-order chi connectivity index (χ0) is 90.0. The molecule has 24 aromatic carbocycles. The number of nitrogens with zero attached hydrogens (tertiary/aromatic N) is 3. The highest BCUT2D eigenvalue weighted by Crippen LogP contribution is 2.49. The van der Waals surface area contributed by atoms with Gasteiger partial charge in [-0.3, -0.25) is 0 Å². The van der Waals surface area contributed by atoms with Gasteiger partial charge in [-0.25, -0.2) is 0 Å². The second-order valence-electron chi connectivity index (χ2n) is 34.2. The minimum atomic E-state index is 1.12. The topological polar surface area (TPSA) is 9.72 Å². The van der Waals surface area contributed by atoms with Crippen molar-refractivity contribution < 1.29 is 0 Å². The molecule has 0 radical (unpaired) electrons. The van der Waals surface area contributed by atoms with Crippen LogP contribution in [0, 0.1) is 0 Å². The van der Waals surface area contributed by atoms with Crippen LogP contribution in [0.5, 0.6) is 0 Å². The monoisotopic (exact) mass is 1720 g/mol. The van der Waals surface area contributed by atoms with Crippen molar-refractivity contribution in [3.05, 3.63) is 564 Å². The molecule has 0 saturated carbocycles. The summed E-state index contributed by atoms with van der Waals surface area (Å²) in [6.07, 6.45) is 0. The summed E-state index contributed by atoms with van der Waals surface area (Å²) in [4.78, 5) is 7.16. The lowest BCUT2D eigenvalue weighted by Gasteiger charge is -2.28. The smallest absolute Gasteiger partial charge is 0.0540 e. The average molecular weight is 1720 g/mol. The quantitative estimate of drug-likeness (QED) is 0.0848. The average Bonchev–Trinajstić information content (AvgIpc) is 0.763. The van der Waals surface area contributed by atoms with E-state index in [4.69, 9.17) is 0 Å². The third kappa shape index (κ3) is 17.4. The Balaban J connectivity index is 0.000000118. The molecule has 0 amide bonds. The predicted octanol–water partition coefficient (Wildman–Crippen LogP) is 37.4. The molecule has 0 saturated heterocycles. The summed E-state index contributed by atoms with van der Waals surface area (Å²) in [5.74, 6) is 0. The van der Waals surface area contributed by atoms with Crippen LogP contribution < -0.4 is 14.7 Å². The number of hydrogen-bond acceptors (Lipinski definition) is 3. The van der Waals surface area contributed by atoms with E-state index in [0.717, 1.165) is 51.2 Å². The molecule has 0 fully saturated rings. The summed E-state index contributed by atoms with van der Waals surface area (Å²) in [6.45, 7) is 0. The summed E-state index contributed by atoms with van der Waals surface area (Å²) in [5, 5.41) is 14.9. The van der Waals surface area contributed by atoms with Crippen LogP contribution in [0.25, 0.3) is 165 Å². The number of rotatable bonds is 18. The zero-order valence-electron chi connectivity index (χ0n) is 74.5. The summed E-state index contributed by atoms with van der Waals surface area (Å²) >= 11 is 0. The van der Waals surface area contributed by atoms with Gasteiger partial charge in [0.15, 0.2) is 0 Å². The van der Waals surface area contributed by atoms with Gasteiger partial charge in [0.2, 0.25) is 0 Å². The van der Waals surface area contributed by atoms with Crippen LogP contribution in [0.3, 0.4) is 0 Å². The zero-order valence-corrected chi connectivity index (χ0v) is 74.5. The minimum absolute atomic E-state index is 1.12. The Kier molecular flexibility index (Phi) is 23.4. The molecule has 0 aliphatic rings. The van der Waals surface area contributed by atoms with Gasteiger partial charge in [0.05, 0.1) is 17.1 Å². The maximum atomic E-state index is 2.39. The Hall–Kier alpha value is -17.8. The lowest BCUT2D eigenvalue weighted by Crippen LogP contribution is -2.10. The first-order valence-electron chi connectivity index (χ1n) is 46.3. The maximum Gasteiger partial charge on any atom is 0.0540 e. The Morgan fingerprint density at radius 1 is 0.0963 bits per heavy atom. The molecular weight excluding hydrogens is 1630 g/mol. The van der Waals surface area contributed by atoms with Crippen LogP contribution in [0.2, 0.25) is 0 Å². The molecule has 24 rings (SSSR count). The lowest BCUT2D eigenvalue weighted by molar-refractivity contribution is 1.30. The molecule has 135 heavy (non-hydrogen) atoms. The molecule has 0 N–H and O–H groups in total. The highest BCUT2D eigenvalue weighted by molar-refractivity contribution is 6.12. The van der Waals surface area contributed by atoms with Gasteiger partial charge < -0.3 is 14.7 Å². The molecule has 636 valence electrons. The molecule has 3 nitrogen and oxygen atoms in total. The van der Waals surface area contributed by atoms with Crippen LogP contribution in [0.15, 0.2) is 564 Å². The van der Waals surface area contributed by atoms with Gasteiger partial charge in [0.25, 0.3) is 0 Å². The van der Waals surface area contributed by atoms with E-state index in [1.54, 1.807) is 0 Å². The normalized spacial score (nSPS) is 11.1. The summed E-state index contributed by atoms with van der Waals surface area (Å²) < 4.78 is 0. The van der Waals surface area contributed by atoms with Crippen molar-refractivity contribution in [1.82, 2.24) is 0 Å². The molecular formula is C132H93N3.